The molecule has 1 aromatic rings. The molecule has 0 bridgehead atoms. The van der Waals surface area contributed by atoms with Crippen LogP contribution in [-0.4, -0.2) is 18.7 Å². The Labute approximate surface area is 117 Å². The van der Waals surface area contributed by atoms with E-state index in [0.29, 0.717) is 18.1 Å². The molecule has 1 aromatic carbocycles. The first-order valence-corrected chi connectivity index (χ1v) is 7.64. The molecule has 0 saturated heterocycles. The van der Waals surface area contributed by atoms with Gasteiger partial charge >= 0.3 is 0 Å². The van der Waals surface area contributed by atoms with Crippen LogP contribution in [0.1, 0.15) is 45.1 Å². The molecule has 1 N–H and O–H groups in total. The Morgan fingerprint density at radius 1 is 1.16 bits per heavy atom. The molecule has 0 heterocycles. The van der Waals surface area contributed by atoms with Crippen molar-refractivity contribution in [3.8, 4) is 0 Å². The Morgan fingerprint density at radius 2 is 1.89 bits per heavy atom. The van der Waals surface area contributed by atoms with Crippen molar-refractivity contribution in [1.82, 2.24) is 5.32 Å². The van der Waals surface area contributed by atoms with Crippen LogP contribution in [0, 0.1) is 5.92 Å². The Bertz CT molecular complexity index is 350. The number of ether oxygens (including phenoxy) is 1. The van der Waals surface area contributed by atoms with Gasteiger partial charge in [0.1, 0.15) is 0 Å². The van der Waals surface area contributed by atoms with Gasteiger partial charge in [-0.25, -0.2) is 0 Å². The lowest BCUT2D eigenvalue weighted by atomic mass is 9.86. The third-order valence-corrected chi connectivity index (χ3v) is 3.93. The third kappa shape index (κ3) is 4.96. The number of hydrogen-bond acceptors (Lipinski definition) is 2. The van der Waals surface area contributed by atoms with E-state index in [0.717, 1.165) is 13.2 Å². The summed E-state index contributed by atoms with van der Waals surface area (Å²) in [4.78, 5) is 0. The normalized spacial score (nSPS) is 23.7. The monoisotopic (exact) mass is 261 g/mol. The fourth-order valence-electron chi connectivity index (χ4n) is 2.79. The molecule has 0 unspecified atom stereocenters. The van der Waals surface area contributed by atoms with Crippen molar-refractivity contribution in [3.05, 3.63) is 35.9 Å². The summed E-state index contributed by atoms with van der Waals surface area (Å²) in [5, 5.41) is 3.56. The zero-order valence-corrected chi connectivity index (χ0v) is 12.3. The quantitative estimate of drug-likeness (QED) is 0.842. The first-order chi connectivity index (χ1) is 9.25. The average molecular weight is 261 g/mol. The zero-order valence-electron chi connectivity index (χ0n) is 12.3. The fraction of sp³-hybridized carbons (Fsp3) is 0.647. The van der Waals surface area contributed by atoms with Crippen molar-refractivity contribution in [2.24, 2.45) is 5.92 Å². The first kappa shape index (κ1) is 14.5. The van der Waals surface area contributed by atoms with E-state index in [9.17, 15) is 0 Å². The van der Waals surface area contributed by atoms with E-state index in [1.165, 1.54) is 31.2 Å². The van der Waals surface area contributed by atoms with Gasteiger partial charge in [-0.05, 0) is 24.3 Å². The zero-order chi connectivity index (χ0) is 13.5. The van der Waals surface area contributed by atoms with Crippen molar-refractivity contribution < 1.29 is 4.74 Å². The van der Waals surface area contributed by atoms with E-state index in [4.69, 9.17) is 4.74 Å². The number of hydrogen-bond donors (Lipinski definition) is 1. The van der Waals surface area contributed by atoms with Crippen LogP contribution in [-0.2, 0) is 11.3 Å². The van der Waals surface area contributed by atoms with Crippen LogP contribution in [0.2, 0.25) is 0 Å². The highest BCUT2D eigenvalue weighted by molar-refractivity contribution is 5.13. The minimum Gasteiger partial charge on any atom is -0.373 e. The highest BCUT2D eigenvalue weighted by Gasteiger charge is 2.25. The number of benzene rings is 1. The molecule has 2 nitrogen and oxygen atoms in total. The number of nitrogens with one attached hydrogen (secondary N) is 1. The molecular weight excluding hydrogens is 234 g/mol. The molecule has 2 heteroatoms. The van der Waals surface area contributed by atoms with Gasteiger partial charge in [-0.2, -0.15) is 0 Å². The molecule has 0 spiro atoms. The SMILES string of the molecule is CC(C)NC[C@H]1CCCC[C@@H]1OCc1ccccc1. The van der Waals surface area contributed by atoms with Crippen LogP contribution < -0.4 is 5.32 Å². The molecule has 2 rings (SSSR count). The largest absolute Gasteiger partial charge is 0.373 e. The standard InChI is InChI=1S/C17H27NO/c1-14(2)18-12-16-10-6-7-11-17(16)19-13-15-8-4-3-5-9-15/h3-5,8-9,14,16-18H,6-7,10-13H2,1-2H3/t16-,17+/m1/s1. The van der Waals surface area contributed by atoms with Crippen LogP contribution in [0.25, 0.3) is 0 Å². The Kier molecular flexibility index (Phi) is 5.87. The minimum absolute atomic E-state index is 0.431. The van der Waals surface area contributed by atoms with Gasteiger partial charge in [0.05, 0.1) is 12.7 Å². The Hall–Kier alpha value is -0.860. The molecular formula is C17H27NO. The van der Waals surface area contributed by atoms with Crippen LogP contribution in [0.4, 0.5) is 0 Å². The van der Waals surface area contributed by atoms with E-state index in [2.05, 4.69) is 49.5 Å². The van der Waals surface area contributed by atoms with Gasteiger partial charge in [-0.1, -0.05) is 57.0 Å². The van der Waals surface area contributed by atoms with Gasteiger partial charge in [0, 0.05) is 12.6 Å². The minimum atomic E-state index is 0.431. The molecule has 1 aliphatic rings. The molecule has 106 valence electrons. The van der Waals surface area contributed by atoms with E-state index >= 15 is 0 Å². The lowest BCUT2D eigenvalue weighted by molar-refractivity contribution is -0.0211. The predicted molar refractivity (Wildman–Crippen MR) is 80.1 cm³/mol. The van der Waals surface area contributed by atoms with Gasteiger partial charge in [0.25, 0.3) is 0 Å². The van der Waals surface area contributed by atoms with E-state index in [1.54, 1.807) is 0 Å². The summed E-state index contributed by atoms with van der Waals surface area (Å²) in [6, 6.07) is 11.1. The fourth-order valence-corrected chi connectivity index (χ4v) is 2.79. The van der Waals surface area contributed by atoms with Crippen LogP contribution in [0.5, 0.6) is 0 Å². The summed E-state index contributed by atoms with van der Waals surface area (Å²) in [7, 11) is 0. The molecule has 1 aliphatic carbocycles. The maximum absolute atomic E-state index is 6.17. The summed E-state index contributed by atoms with van der Waals surface area (Å²) >= 11 is 0. The van der Waals surface area contributed by atoms with Crippen LogP contribution in [0.15, 0.2) is 30.3 Å². The van der Waals surface area contributed by atoms with Crippen LogP contribution >= 0.6 is 0 Å². The molecule has 2 atom stereocenters. The molecule has 0 aliphatic heterocycles. The Balaban J connectivity index is 1.82. The van der Waals surface area contributed by atoms with Crippen molar-refractivity contribution in [3.63, 3.8) is 0 Å². The number of rotatable bonds is 6. The van der Waals surface area contributed by atoms with E-state index in [-0.39, 0.29) is 0 Å². The third-order valence-electron chi connectivity index (χ3n) is 3.93. The smallest absolute Gasteiger partial charge is 0.0720 e. The first-order valence-electron chi connectivity index (χ1n) is 7.64. The average Bonchev–Trinajstić information content (AvgIpc) is 2.45. The second-order valence-corrected chi connectivity index (χ2v) is 5.94. The molecule has 0 amide bonds. The van der Waals surface area contributed by atoms with Crippen molar-refractivity contribution in [1.29, 1.82) is 0 Å². The maximum atomic E-state index is 6.17. The highest BCUT2D eigenvalue weighted by Crippen LogP contribution is 2.27. The van der Waals surface area contributed by atoms with Gasteiger partial charge in [0.2, 0.25) is 0 Å². The van der Waals surface area contributed by atoms with Gasteiger partial charge < -0.3 is 10.1 Å². The van der Waals surface area contributed by atoms with E-state index in [1.807, 2.05) is 0 Å². The molecule has 1 saturated carbocycles. The van der Waals surface area contributed by atoms with E-state index < -0.39 is 0 Å². The second kappa shape index (κ2) is 7.66. The highest BCUT2D eigenvalue weighted by atomic mass is 16.5. The summed E-state index contributed by atoms with van der Waals surface area (Å²) in [5.74, 6) is 0.680. The van der Waals surface area contributed by atoms with Gasteiger partial charge in [-0.15, -0.1) is 0 Å². The summed E-state index contributed by atoms with van der Waals surface area (Å²) in [6.45, 7) is 6.27. The molecule has 1 fully saturated rings. The summed E-state index contributed by atoms with van der Waals surface area (Å²) < 4.78 is 6.17. The summed E-state index contributed by atoms with van der Waals surface area (Å²) in [6.07, 6.45) is 5.63. The molecule has 0 aromatic heterocycles. The van der Waals surface area contributed by atoms with Crippen molar-refractivity contribution in [2.45, 2.75) is 58.3 Å². The topological polar surface area (TPSA) is 21.3 Å². The second-order valence-electron chi connectivity index (χ2n) is 5.94. The maximum Gasteiger partial charge on any atom is 0.0720 e. The Morgan fingerprint density at radius 3 is 2.63 bits per heavy atom. The van der Waals surface area contributed by atoms with Gasteiger partial charge in [-0.3, -0.25) is 0 Å². The van der Waals surface area contributed by atoms with Crippen LogP contribution in [0.3, 0.4) is 0 Å². The molecule has 19 heavy (non-hydrogen) atoms. The molecule has 0 radical (unpaired) electrons. The lowest BCUT2D eigenvalue weighted by Gasteiger charge is -2.32. The van der Waals surface area contributed by atoms with Crippen molar-refractivity contribution in [2.75, 3.05) is 6.54 Å². The predicted octanol–water partition coefficient (Wildman–Crippen LogP) is 3.76. The lowest BCUT2D eigenvalue weighted by Crippen LogP contribution is -2.38. The van der Waals surface area contributed by atoms with Gasteiger partial charge in [0.15, 0.2) is 0 Å². The van der Waals surface area contributed by atoms with Crippen molar-refractivity contribution >= 4 is 0 Å². The summed E-state index contributed by atoms with van der Waals surface area (Å²) in [5.41, 5.74) is 1.28.